The average molecular weight is 203 g/mol. The molecule has 0 saturated carbocycles. The van der Waals surface area contributed by atoms with Gasteiger partial charge in [-0.05, 0) is 50.8 Å². The van der Waals surface area contributed by atoms with Crippen LogP contribution in [0.25, 0.3) is 0 Å². The first-order valence-corrected chi connectivity index (χ1v) is 6.01. The summed E-state index contributed by atoms with van der Waals surface area (Å²) in [4.78, 5) is 0. The molecule has 0 spiro atoms. The Morgan fingerprint density at radius 2 is 2.13 bits per heavy atom. The van der Waals surface area contributed by atoms with Crippen LogP contribution in [-0.4, -0.2) is 6.54 Å². The molecule has 1 nitrogen and oxygen atoms in total. The Bertz CT molecular complexity index is 348. The van der Waals surface area contributed by atoms with Crippen molar-refractivity contribution >= 4 is 0 Å². The van der Waals surface area contributed by atoms with E-state index in [2.05, 4.69) is 44.3 Å². The summed E-state index contributed by atoms with van der Waals surface area (Å²) in [6.45, 7) is 7.87. The first kappa shape index (κ1) is 10.7. The Morgan fingerprint density at radius 3 is 2.73 bits per heavy atom. The van der Waals surface area contributed by atoms with Gasteiger partial charge in [0.2, 0.25) is 0 Å². The first-order valence-electron chi connectivity index (χ1n) is 6.01. The van der Waals surface area contributed by atoms with E-state index in [9.17, 15) is 0 Å². The predicted octanol–water partition coefficient (Wildman–Crippen LogP) is 3.29. The fraction of sp³-hybridized carbons (Fsp3) is 0.571. The summed E-state index contributed by atoms with van der Waals surface area (Å²) in [5.74, 6) is 0. The maximum absolute atomic E-state index is 3.70. The zero-order valence-corrected chi connectivity index (χ0v) is 10.1. The van der Waals surface area contributed by atoms with Gasteiger partial charge in [0.15, 0.2) is 0 Å². The predicted molar refractivity (Wildman–Crippen MR) is 65.1 cm³/mol. The third kappa shape index (κ3) is 1.81. The fourth-order valence-electron chi connectivity index (χ4n) is 2.78. The molecule has 0 aromatic heterocycles. The lowest BCUT2D eigenvalue weighted by Gasteiger charge is -2.31. The highest BCUT2D eigenvalue weighted by atomic mass is 15.0. The largest absolute Gasteiger partial charge is 0.307 e. The number of hydrogen-bond donors (Lipinski definition) is 1. The molecule has 1 fully saturated rings. The minimum absolute atomic E-state index is 0.260. The minimum Gasteiger partial charge on any atom is -0.307 e. The Hall–Kier alpha value is -0.820. The summed E-state index contributed by atoms with van der Waals surface area (Å²) in [7, 11) is 0. The van der Waals surface area contributed by atoms with Crippen molar-refractivity contribution < 1.29 is 0 Å². The number of aryl methyl sites for hydroxylation is 2. The third-order valence-electron chi connectivity index (χ3n) is 3.76. The monoisotopic (exact) mass is 203 g/mol. The SMILES string of the molecule is CCC1(c2cc(C)ccc2C)CCCN1. The topological polar surface area (TPSA) is 12.0 Å². The smallest absolute Gasteiger partial charge is 0.0435 e. The number of hydrogen-bond acceptors (Lipinski definition) is 1. The molecular weight excluding hydrogens is 182 g/mol. The van der Waals surface area contributed by atoms with Crippen LogP contribution in [0, 0.1) is 13.8 Å². The van der Waals surface area contributed by atoms with Gasteiger partial charge in [0.05, 0.1) is 0 Å². The van der Waals surface area contributed by atoms with Crippen LogP contribution in [0.5, 0.6) is 0 Å². The molecule has 1 unspecified atom stereocenters. The molecule has 1 aliphatic rings. The molecule has 15 heavy (non-hydrogen) atoms. The van der Waals surface area contributed by atoms with E-state index in [4.69, 9.17) is 0 Å². The van der Waals surface area contributed by atoms with Crippen molar-refractivity contribution in [3.8, 4) is 0 Å². The summed E-state index contributed by atoms with van der Waals surface area (Å²) in [6, 6.07) is 6.82. The zero-order chi connectivity index (χ0) is 10.9. The molecule has 0 amide bonds. The van der Waals surface area contributed by atoms with Gasteiger partial charge in [-0.15, -0.1) is 0 Å². The van der Waals surface area contributed by atoms with Crippen molar-refractivity contribution in [3.05, 3.63) is 34.9 Å². The van der Waals surface area contributed by atoms with Crippen LogP contribution in [0.2, 0.25) is 0 Å². The van der Waals surface area contributed by atoms with E-state index in [-0.39, 0.29) is 5.54 Å². The van der Waals surface area contributed by atoms with Crippen molar-refractivity contribution in [2.24, 2.45) is 0 Å². The molecule has 1 aromatic rings. The van der Waals surface area contributed by atoms with Gasteiger partial charge in [-0.2, -0.15) is 0 Å². The van der Waals surface area contributed by atoms with Gasteiger partial charge < -0.3 is 5.32 Å². The van der Waals surface area contributed by atoms with Crippen LogP contribution >= 0.6 is 0 Å². The minimum atomic E-state index is 0.260. The summed E-state index contributed by atoms with van der Waals surface area (Å²) in [5, 5.41) is 3.70. The van der Waals surface area contributed by atoms with Crippen LogP contribution in [0.15, 0.2) is 18.2 Å². The van der Waals surface area contributed by atoms with E-state index in [0.717, 1.165) is 0 Å². The van der Waals surface area contributed by atoms with Crippen LogP contribution < -0.4 is 5.32 Å². The van der Waals surface area contributed by atoms with Crippen molar-refractivity contribution in [2.75, 3.05) is 6.54 Å². The molecule has 1 aromatic carbocycles. The lowest BCUT2D eigenvalue weighted by molar-refractivity contribution is 0.374. The second-order valence-electron chi connectivity index (χ2n) is 4.78. The number of nitrogens with one attached hydrogen (secondary N) is 1. The van der Waals surface area contributed by atoms with Crippen molar-refractivity contribution in [1.82, 2.24) is 5.32 Å². The van der Waals surface area contributed by atoms with Gasteiger partial charge in [0.1, 0.15) is 0 Å². The molecule has 1 aliphatic heterocycles. The lowest BCUT2D eigenvalue weighted by atomic mass is 9.82. The maximum atomic E-state index is 3.70. The summed E-state index contributed by atoms with van der Waals surface area (Å²) in [5.41, 5.74) is 4.58. The quantitative estimate of drug-likeness (QED) is 0.777. The Morgan fingerprint density at radius 1 is 1.33 bits per heavy atom. The fourth-order valence-corrected chi connectivity index (χ4v) is 2.78. The highest BCUT2D eigenvalue weighted by Gasteiger charge is 2.34. The van der Waals surface area contributed by atoms with Gasteiger partial charge in [-0.3, -0.25) is 0 Å². The van der Waals surface area contributed by atoms with Crippen LogP contribution in [0.1, 0.15) is 42.9 Å². The molecule has 1 N–H and O–H groups in total. The van der Waals surface area contributed by atoms with Gasteiger partial charge in [0.25, 0.3) is 0 Å². The van der Waals surface area contributed by atoms with E-state index in [0.29, 0.717) is 0 Å². The number of benzene rings is 1. The summed E-state index contributed by atoms with van der Waals surface area (Å²) in [6.07, 6.45) is 3.78. The van der Waals surface area contributed by atoms with Crippen molar-refractivity contribution in [2.45, 2.75) is 45.6 Å². The van der Waals surface area contributed by atoms with Gasteiger partial charge in [-0.25, -0.2) is 0 Å². The number of rotatable bonds is 2. The maximum Gasteiger partial charge on any atom is 0.0435 e. The molecule has 1 atom stereocenters. The van der Waals surface area contributed by atoms with E-state index in [1.165, 1.54) is 42.5 Å². The van der Waals surface area contributed by atoms with Gasteiger partial charge in [0, 0.05) is 5.54 Å². The molecule has 0 aliphatic carbocycles. The average Bonchev–Trinajstić information content (AvgIpc) is 2.71. The van der Waals surface area contributed by atoms with Gasteiger partial charge in [-0.1, -0.05) is 30.7 Å². The second-order valence-corrected chi connectivity index (χ2v) is 4.78. The highest BCUT2D eigenvalue weighted by Crippen LogP contribution is 2.36. The standard InChI is InChI=1S/C14H21N/c1-4-14(8-5-9-15-14)13-10-11(2)6-7-12(13)3/h6-7,10,15H,4-5,8-9H2,1-3H3. The molecule has 1 heteroatoms. The van der Waals surface area contributed by atoms with E-state index < -0.39 is 0 Å². The molecule has 82 valence electrons. The molecule has 1 heterocycles. The lowest BCUT2D eigenvalue weighted by Crippen LogP contribution is -2.36. The van der Waals surface area contributed by atoms with E-state index in [1.54, 1.807) is 0 Å². The summed E-state index contributed by atoms with van der Waals surface area (Å²) < 4.78 is 0. The second kappa shape index (κ2) is 3.97. The summed E-state index contributed by atoms with van der Waals surface area (Å²) >= 11 is 0. The van der Waals surface area contributed by atoms with Gasteiger partial charge >= 0.3 is 0 Å². The highest BCUT2D eigenvalue weighted by molar-refractivity contribution is 5.37. The normalized spacial score (nSPS) is 25.8. The van der Waals surface area contributed by atoms with E-state index >= 15 is 0 Å². The van der Waals surface area contributed by atoms with Crippen LogP contribution in [0.4, 0.5) is 0 Å². The molecule has 0 bridgehead atoms. The third-order valence-corrected chi connectivity index (χ3v) is 3.76. The van der Waals surface area contributed by atoms with E-state index in [1.807, 2.05) is 0 Å². The molecule has 0 radical (unpaired) electrons. The molecule has 2 rings (SSSR count). The Balaban J connectivity index is 2.46. The van der Waals surface area contributed by atoms with Crippen LogP contribution in [-0.2, 0) is 5.54 Å². The van der Waals surface area contributed by atoms with Crippen LogP contribution in [0.3, 0.4) is 0 Å². The Kier molecular flexibility index (Phi) is 2.83. The van der Waals surface area contributed by atoms with Crippen molar-refractivity contribution in [1.29, 1.82) is 0 Å². The Labute approximate surface area is 92.9 Å². The first-order chi connectivity index (χ1) is 7.18. The molecule has 1 saturated heterocycles. The zero-order valence-electron chi connectivity index (χ0n) is 10.1. The van der Waals surface area contributed by atoms with Crippen molar-refractivity contribution in [3.63, 3.8) is 0 Å². The molecular formula is C14H21N.